The van der Waals surface area contributed by atoms with Crippen molar-refractivity contribution in [3.63, 3.8) is 0 Å². The minimum absolute atomic E-state index is 0.0219. The van der Waals surface area contributed by atoms with Gasteiger partial charge < -0.3 is 14.2 Å². The minimum atomic E-state index is -0.315. The van der Waals surface area contributed by atoms with Gasteiger partial charge in [0.05, 0.1) is 6.04 Å². The molecule has 3 heterocycles. The summed E-state index contributed by atoms with van der Waals surface area (Å²) in [6.45, 7) is 4.49. The molecule has 18 heavy (non-hydrogen) atoms. The van der Waals surface area contributed by atoms with Crippen molar-refractivity contribution < 1.29 is 23.8 Å². The number of hydrogen-bond donors (Lipinski definition) is 0. The van der Waals surface area contributed by atoms with Gasteiger partial charge in [0.1, 0.15) is 24.4 Å². The Morgan fingerprint density at radius 1 is 1.22 bits per heavy atom. The Hall–Kier alpha value is -1.14. The van der Waals surface area contributed by atoms with Gasteiger partial charge in [0, 0.05) is 26.9 Å². The Bertz CT molecular complexity index is 385. The Kier molecular flexibility index (Phi) is 2.79. The van der Waals surface area contributed by atoms with E-state index in [2.05, 4.69) is 4.90 Å². The minimum Gasteiger partial charge on any atom is -0.461 e. The number of fused-ring (bicyclic) bond motifs is 2. The lowest BCUT2D eigenvalue weighted by atomic mass is 9.97. The smallest absolute Gasteiger partial charge is 0.303 e. The number of piperidine rings is 1. The predicted octanol–water partition coefficient (Wildman–Crippen LogP) is -0.295. The van der Waals surface area contributed by atoms with E-state index < -0.39 is 0 Å². The molecule has 0 radical (unpaired) electrons. The monoisotopic (exact) mass is 255 g/mol. The van der Waals surface area contributed by atoms with E-state index in [0.717, 1.165) is 19.5 Å². The highest BCUT2D eigenvalue weighted by atomic mass is 16.6. The number of ether oxygens (including phenoxy) is 3. The van der Waals surface area contributed by atoms with Gasteiger partial charge in [-0.3, -0.25) is 14.5 Å². The quantitative estimate of drug-likeness (QED) is 0.498. The molecule has 0 aliphatic carbocycles. The summed E-state index contributed by atoms with van der Waals surface area (Å²) in [7, 11) is 0. The number of epoxide rings is 1. The van der Waals surface area contributed by atoms with Crippen LogP contribution in [0, 0.1) is 0 Å². The molecule has 0 bridgehead atoms. The Morgan fingerprint density at radius 3 is 2.61 bits per heavy atom. The van der Waals surface area contributed by atoms with Crippen molar-refractivity contribution in [2.45, 2.75) is 50.7 Å². The van der Waals surface area contributed by atoms with Gasteiger partial charge in [0.25, 0.3) is 0 Å². The Labute approximate surface area is 105 Å². The molecule has 6 nitrogen and oxygen atoms in total. The molecule has 0 saturated carbocycles. The van der Waals surface area contributed by atoms with Gasteiger partial charge in [0.2, 0.25) is 0 Å². The first-order valence-corrected chi connectivity index (χ1v) is 6.30. The van der Waals surface area contributed by atoms with Crippen LogP contribution in [0.15, 0.2) is 0 Å². The molecule has 100 valence electrons. The zero-order chi connectivity index (χ0) is 12.9. The van der Waals surface area contributed by atoms with Gasteiger partial charge in [-0.1, -0.05) is 0 Å². The fourth-order valence-corrected chi connectivity index (χ4v) is 3.17. The van der Waals surface area contributed by atoms with E-state index >= 15 is 0 Å². The first kappa shape index (κ1) is 11.9. The molecule has 0 aromatic heterocycles. The fourth-order valence-electron chi connectivity index (χ4n) is 3.17. The van der Waals surface area contributed by atoms with Gasteiger partial charge >= 0.3 is 11.9 Å². The Morgan fingerprint density at radius 2 is 1.94 bits per heavy atom. The molecule has 3 saturated heterocycles. The lowest BCUT2D eigenvalue weighted by Crippen LogP contribution is -2.54. The third kappa shape index (κ3) is 1.99. The van der Waals surface area contributed by atoms with Crippen molar-refractivity contribution in [1.29, 1.82) is 0 Å². The van der Waals surface area contributed by atoms with Gasteiger partial charge in [-0.25, -0.2) is 0 Å². The van der Waals surface area contributed by atoms with Crippen LogP contribution in [0.5, 0.6) is 0 Å². The van der Waals surface area contributed by atoms with E-state index in [1.807, 2.05) is 0 Å². The SMILES string of the molecule is CC(=O)O[C@H]1[C@H]2O[C@H]2CN2CC[C@H](OC(C)=O)[C@H]12. The number of carbonyl (C=O) groups is 2. The summed E-state index contributed by atoms with van der Waals surface area (Å²) in [6.07, 6.45) is 0.430. The molecule has 0 aromatic carbocycles. The summed E-state index contributed by atoms with van der Waals surface area (Å²) >= 11 is 0. The van der Waals surface area contributed by atoms with E-state index in [4.69, 9.17) is 14.2 Å². The molecular weight excluding hydrogens is 238 g/mol. The highest BCUT2D eigenvalue weighted by Crippen LogP contribution is 2.41. The second-order valence-electron chi connectivity index (χ2n) is 5.14. The van der Waals surface area contributed by atoms with E-state index in [-0.39, 0.29) is 42.4 Å². The van der Waals surface area contributed by atoms with Crippen molar-refractivity contribution >= 4 is 11.9 Å². The second kappa shape index (κ2) is 4.20. The average molecular weight is 255 g/mol. The zero-order valence-electron chi connectivity index (χ0n) is 10.5. The van der Waals surface area contributed by atoms with Gasteiger partial charge in [-0.05, 0) is 6.42 Å². The number of nitrogens with zero attached hydrogens (tertiary/aromatic N) is 1. The largest absolute Gasteiger partial charge is 0.461 e. The molecule has 6 heteroatoms. The van der Waals surface area contributed by atoms with Crippen molar-refractivity contribution in [1.82, 2.24) is 4.90 Å². The van der Waals surface area contributed by atoms with Crippen LogP contribution in [-0.4, -0.2) is 60.4 Å². The number of hydrogen-bond acceptors (Lipinski definition) is 6. The van der Waals surface area contributed by atoms with Crippen LogP contribution in [0.25, 0.3) is 0 Å². The third-order valence-electron chi connectivity index (χ3n) is 3.82. The molecule has 5 atom stereocenters. The maximum Gasteiger partial charge on any atom is 0.303 e. The maximum atomic E-state index is 11.2. The zero-order valence-corrected chi connectivity index (χ0v) is 10.5. The predicted molar refractivity (Wildman–Crippen MR) is 59.7 cm³/mol. The summed E-state index contributed by atoms with van der Waals surface area (Å²) in [4.78, 5) is 24.5. The summed E-state index contributed by atoms with van der Waals surface area (Å²) in [6, 6.07) is -0.0541. The van der Waals surface area contributed by atoms with E-state index in [1.165, 1.54) is 13.8 Å². The molecule has 0 spiro atoms. The van der Waals surface area contributed by atoms with Gasteiger partial charge in [-0.2, -0.15) is 0 Å². The molecule has 3 aliphatic rings. The molecule has 0 unspecified atom stereocenters. The lowest BCUT2D eigenvalue weighted by molar-refractivity contribution is -0.158. The normalized spacial score (nSPS) is 41.8. The van der Waals surface area contributed by atoms with Crippen LogP contribution in [0.4, 0.5) is 0 Å². The second-order valence-corrected chi connectivity index (χ2v) is 5.14. The standard InChI is InChI=1S/C12H17NO5/c1-6(14)16-8-3-4-13-5-9-11(18-9)12(10(8)13)17-7(2)15/h8-12H,3-5H2,1-2H3/t8-,9-,10+,11-,12+/m0/s1. The lowest BCUT2D eigenvalue weighted by Gasteiger charge is -2.35. The topological polar surface area (TPSA) is 68.4 Å². The molecule has 3 fully saturated rings. The molecule has 0 amide bonds. The van der Waals surface area contributed by atoms with Crippen LogP contribution >= 0.6 is 0 Å². The molecular formula is C12H17NO5. The first-order valence-electron chi connectivity index (χ1n) is 6.30. The summed E-state index contributed by atoms with van der Waals surface area (Å²) < 4.78 is 16.2. The van der Waals surface area contributed by atoms with Crippen molar-refractivity contribution in [3.05, 3.63) is 0 Å². The molecule has 3 aliphatic heterocycles. The van der Waals surface area contributed by atoms with E-state index in [0.29, 0.717) is 0 Å². The van der Waals surface area contributed by atoms with Crippen LogP contribution in [0.2, 0.25) is 0 Å². The van der Waals surface area contributed by atoms with Crippen molar-refractivity contribution in [3.8, 4) is 0 Å². The van der Waals surface area contributed by atoms with Gasteiger partial charge in [-0.15, -0.1) is 0 Å². The number of carbonyl (C=O) groups excluding carboxylic acids is 2. The molecule has 0 aromatic rings. The van der Waals surface area contributed by atoms with Crippen LogP contribution in [0.1, 0.15) is 20.3 Å². The van der Waals surface area contributed by atoms with Crippen LogP contribution in [0.3, 0.4) is 0 Å². The van der Waals surface area contributed by atoms with Crippen LogP contribution < -0.4 is 0 Å². The third-order valence-corrected chi connectivity index (χ3v) is 3.82. The van der Waals surface area contributed by atoms with Gasteiger partial charge in [0.15, 0.2) is 0 Å². The Balaban J connectivity index is 1.77. The highest BCUT2D eigenvalue weighted by Gasteiger charge is 2.60. The number of rotatable bonds is 2. The summed E-state index contributed by atoms with van der Waals surface area (Å²) in [5.74, 6) is -0.605. The van der Waals surface area contributed by atoms with Crippen LogP contribution in [-0.2, 0) is 23.8 Å². The average Bonchev–Trinajstić information content (AvgIpc) is 2.93. The van der Waals surface area contributed by atoms with Crippen molar-refractivity contribution in [2.24, 2.45) is 0 Å². The molecule has 3 rings (SSSR count). The summed E-state index contributed by atoms with van der Waals surface area (Å²) in [5.41, 5.74) is 0. The van der Waals surface area contributed by atoms with Crippen molar-refractivity contribution in [2.75, 3.05) is 13.1 Å². The van der Waals surface area contributed by atoms with E-state index in [1.54, 1.807) is 0 Å². The fraction of sp³-hybridized carbons (Fsp3) is 0.833. The summed E-state index contributed by atoms with van der Waals surface area (Å²) in [5, 5.41) is 0. The van der Waals surface area contributed by atoms with E-state index in [9.17, 15) is 9.59 Å². The first-order chi connectivity index (χ1) is 8.56. The molecule has 0 N–H and O–H groups in total. The highest BCUT2D eigenvalue weighted by molar-refractivity contribution is 5.67. The maximum absolute atomic E-state index is 11.2. The number of esters is 2.